The molecule has 0 heterocycles. The molecule has 0 spiro atoms. The van der Waals surface area contributed by atoms with Gasteiger partial charge in [0.1, 0.15) is 5.75 Å². The molecule has 1 fully saturated rings. The Labute approximate surface area is 138 Å². The third-order valence-corrected chi connectivity index (χ3v) is 3.80. The number of carbonyl (C=O) groups excluding carboxylic acids is 1. The molecule has 22 heavy (non-hydrogen) atoms. The predicted octanol–water partition coefficient (Wildman–Crippen LogP) is 2.73. The summed E-state index contributed by atoms with van der Waals surface area (Å²) >= 11 is 0. The first kappa shape index (κ1) is 18.7. The van der Waals surface area contributed by atoms with Gasteiger partial charge in [0, 0.05) is 31.9 Å². The second-order valence-electron chi connectivity index (χ2n) is 5.54. The van der Waals surface area contributed by atoms with Crippen LogP contribution in [0.2, 0.25) is 0 Å². The minimum Gasteiger partial charge on any atom is -0.493 e. The quantitative estimate of drug-likeness (QED) is 0.755. The van der Waals surface area contributed by atoms with Gasteiger partial charge in [-0.2, -0.15) is 0 Å². The molecule has 1 aromatic carbocycles. The maximum Gasteiger partial charge on any atom is 0.244 e. The highest BCUT2D eigenvalue weighted by molar-refractivity contribution is 5.98. The molecule has 0 saturated heterocycles. The lowest BCUT2D eigenvalue weighted by atomic mass is 9.98. The van der Waals surface area contributed by atoms with Crippen molar-refractivity contribution in [2.24, 2.45) is 5.73 Å². The van der Waals surface area contributed by atoms with Crippen LogP contribution >= 0.6 is 12.4 Å². The van der Waals surface area contributed by atoms with Crippen molar-refractivity contribution in [2.75, 3.05) is 25.6 Å². The van der Waals surface area contributed by atoms with Gasteiger partial charge < -0.3 is 20.5 Å². The van der Waals surface area contributed by atoms with Crippen LogP contribution < -0.4 is 15.8 Å². The highest BCUT2D eigenvalue weighted by Crippen LogP contribution is 2.28. The zero-order chi connectivity index (χ0) is 15.1. The molecule has 3 N–H and O–H groups in total. The molecule has 1 amide bonds. The summed E-state index contributed by atoms with van der Waals surface area (Å²) in [4.78, 5) is 12.3. The Hall–Kier alpha value is -1.30. The van der Waals surface area contributed by atoms with Gasteiger partial charge in [0.25, 0.3) is 0 Å². The summed E-state index contributed by atoms with van der Waals surface area (Å²) in [6.07, 6.45) is 4.39. The van der Waals surface area contributed by atoms with Gasteiger partial charge in [-0.05, 0) is 25.0 Å². The molecule has 0 radical (unpaired) electrons. The minimum absolute atomic E-state index is 0. The number of carbonyl (C=O) groups is 1. The van der Waals surface area contributed by atoms with Crippen LogP contribution in [0.5, 0.6) is 5.75 Å². The predicted molar refractivity (Wildman–Crippen MR) is 89.7 cm³/mol. The van der Waals surface area contributed by atoms with Crippen LogP contribution in [0.4, 0.5) is 5.69 Å². The van der Waals surface area contributed by atoms with Crippen LogP contribution in [-0.2, 0) is 9.53 Å². The number of hydrogen-bond acceptors (Lipinski definition) is 4. The summed E-state index contributed by atoms with van der Waals surface area (Å²) < 4.78 is 10.6. The number of benzene rings is 1. The van der Waals surface area contributed by atoms with Crippen LogP contribution in [-0.4, -0.2) is 31.8 Å². The molecule has 6 heteroatoms. The summed E-state index contributed by atoms with van der Waals surface area (Å²) in [5, 5.41) is 2.90. The maximum absolute atomic E-state index is 12.3. The van der Waals surface area contributed by atoms with E-state index in [9.17, 15) is 4.79 Å². The van der Waals surface area contributed by atoms with Gasteiger partial charge in [0.05, 0.1) is 12.1 Å². The summed E-state index contributed by atoms with van der Waals surface area (Å²) in [6.45, 7) is 1.26. The van der Waals surface area contributed by atoms with E-state index in [-0.39, 0.29) is 18.3 Å². The van der Waals surface area contributed by atoms with Crippen molar-refractivity contribution in [1.82, 2.24) is 0 Å². The van der Waals surface area contributed by atoms with Crippen molar-refractivity contribution < 1.29 is 14.3 Å². The Morgan fingerprint density at radius 1 is 1.32 bits per heavy atom. The second-order valence-corrected chi connectivity index (χ2v) is 5.54. The first-order valence-electron chi connectivity index (χ1n) is 7.46. The molecule has 1 aliphatic carbocycles. The van der Waals surface area contributed by atoms with E-state index in [1.165, 1.54) is 0 Å². The number of nitrogens with two attached hydrogens (primary N) is 1. The van der Waals surface area contributed by atoms with Crippen molar-refractivity contribution >= 4 is 24.0 Å². The third kappa shape index (κ3) is 5.16. The van der Waals surface area contributed by atoms with Crippen LogP contribution in [0, 0.1) is 0 Å². The zero-order valence-corrected chi connectivity index (χ0v) is 13.8. The van der Waals surface area contributed by atoms with Crippen LogP contribution in [0.25, 0.3) is 0 Å². The molecule has 0 atom stereocenters. The molecular weight excluding hydrogens is 304 g/mol. The lowest BCUT2D eigenvalue weighted by Crippen LogP contribution is -2.48. The van der Waals surface area contributed by atoms with E-state index in [2.05, 4.69) is 5.32 Å². The van der Waals surface area contributed by atoms with E-state index in [0.29, 0.717) is 13.2 Å². The number of amides is 1. The lowest BCUT2D eigenvalue weighted by Gasteiger charge is -2.22. The van der Waals surface area contributed by atoms with Gasteiger partial charge in [0.15, 0.2) is 0 Å². The van der Waals surface area contributed by atoms with E-state index in [4.69, 9.17) is 15.2 Å². The lowest BCUT2D eigenvalue weighted by molar-refractivity contribution is -0.121. The van der Waals surface area contributed by atoms with Gasteiger partial charge in [-0.3, -0.25) is 4.79 Å². The van der Waals surface area contributed by atoms with Crippen molar-refractivity contribution in [2.45, 2.75) is 37.6 Å². The van der Waals surface area contributed by atoms with E-state index >= 15 is 0 Å². The maximum atomic E-state index is 12.3. The van der Waals surface area contributed by atoms with E-state index < -0.39 is 5.54 Å². The summed E-state index contributed by atoms with van der Waals surface area (Å²) in [5.74, 6) is 0.637. The number of nitrogens with one attached hydrogen (secondary N) is 1. The first-order chi connectivity index (χ1) is 10.1. The van der Waals surface area contributed by atoms with E-state index in [0.717, 1.165) is 43.5 Å². The second kappa shape index (κ2) is 8.98. The van der Waals surface area contributed by atoms with Gasteiger partial charge in [-0.15, -0.1) is 12.4 Å². The topological polar surface area (TPSA) is 73.6 Å². The molecule has 1 saturated carbocycles. The van der Waals surface area contributed by atoms with Crippen molar-refractivity contribution in [3.8, 4) is 5.75 Å². The average Bonchev–Trinajstić information content (AvgIpc) is 2.92. The van der Waals surface area contributed by atoms with Gasteiger partial charge in [-0.25, -0.2) is 0 Å². The highest BCUT2D eigenvalue weighted by atomic mass is 35.5. The Balaban J connectivity index is 0.00000242. The van der Waals surface area contributed by atoms with Gasteiger partial charge in [-0.1, -0.05) is 18.9 Å². The Morgan fingerprint density at radius 2 is 2.05 bits per heavy atom. The van der Waals surface area contributed by atoms with Gasteiger partial charge >= 0.3 is 0 Å². The monoisotopic (exact) mass is 328 g/mol. The molecule has 0 aromatic heterocycles. The molecule has 1 aromatic rings. The first-order valence-corrected chi connectivity index (χ1v) is 7.46. The fraction of sp³-hybridized carbons (Fsp3) is 0.562. The minimum atomic E-state index is -0.713. The summed E-state index contributed by atoms with van der Waals surface area (Å²) in [7, 11) is 1.67. The number of methoxy groups -OCH3 is 1. The smallest absolute Gasteiger partial charge is 0.244 e. The fourth-order valence-electron chi connectivity index (χ4n) is 2.55. The Morgan fingerprint density at radius 3 is 2.73 bits per heavy atom. The number of ether oxygens (including phenoxy) is 2. The zero-order valence-electron chi connectivity index (χ0n) is 13.0. The van der Waals surface area contributed by atoms with E-state index in [1.807, 2.05) is 24.3 Å². The summed E-state index contributed by atoms with van der Waals surface area (Å²) in [5.41, 5.74) is 6.15. The number of anilines is 1. The van der Waals surface area contributed by atoms with Crippen molar-refractivity contribution in [3.05, 3.63) is 24.3 Å². The molecule has 2 rings (SSSR count). The summed E-state index contributed by atoms with van der Waals surface area (Å²) in [6, 6.07) is 7.40. The molecule has 1 aliphatic rings. The van der Waals surface area contributed by atoms with Crippen molar-refractivity contribution in [1.29, 1.82) is 0 Å². The Bertz CT molecular complexity index is 476. The van der Waals surface area contributed by atoms with E-state index in [1.54, 1.807) is 7.11 Å². The van der Waals surface area contributed by atoms with Crippen LogP contribution in [0.3, 0.4) is 0 Å². The van der Waals surface area contributed by atoms with Crippen LogP contribution in [0.1, 0.15) is 32.1 Å². The number of rotatable bonds is 7. The number of halogens is 1. The Kier molecular flexibility index (Phi) is 7.65. The molecule has 0 aliphatic heterocycles. The van der Waals surface area contributed by atoms with Crippen molar-refractivity contribution in [3.63, 3.8) is 0 Å². The largest absolute Gasteiger partial charge is 0.493 e. The third-order valence-electron chi connectivity index (χ3n) is 3.80. The molecule has 0 bridgehead atoms. The molecule has 124 valence electrons. The molecule has 0 unspecified atom stereocenters. The number of hydrogen-bond donors (Lipinski definition) is 2. The standard InChI is InChI=1S/C16H24N2O3.ClH/c1-20-10-5-11-21-14-7-4-6-13(12-14)18-15(19)16(17)8-2-3-9-16;/h4,6-7,12H,2-3,5,8-11,17H2,1H3,(H,18,19);1H. The van der Waals surface area contributed by atoms with Crippen LogP contribution in [0.15, 0.2) is 24.3 Å². The SMILES string of the molecule is COCCCOc1cccc(NC(=O)C2(N)CCCC2)c1.Cl. The fourth-order valence-corrected chi connectivity index (χ4v) is 2.55. The molecule has 5 nitrogen and oxygen atoms in total. The average molecular weight is 329 g/mol. The van der Waals surface area contributed by atoms with Gasteiger partial charge in [0.2, 0.25) is 5.91 Å². The highest BCUT2D eigenvalue weighted by Gasteiger charge is 2.36. The molecular formula is C16H25ClN2O3. The normalized spacial score (nSPS) is 15.9.